The molecule has 0 unspecified atom stereocenters. The Bertz CT molecular complexity index is 614. The number of rotatable bonds is 4. The Labute approximate surface area is 111 Å². The SMILES string of the molecule is CCC(C)(C)Cn1c(=S)[nH]c2c(OC)ncnc21. The first kappa shape index (κ1) is 13.0. The van der Waals surface area contributed by atoms with Crippen molar-refractivity contribution in [3.63, 3.8) is 0 Å². The van der Waals surface area contributed by atoms with Crippen LogP contribution in [0.3, 0.4) is 0 Å². The van der Waals surface area contributed by atoms with Crippen LogP contribution in [0.2, 0.25) is 0 Å². The van der Waals surface area contributed by atoms with Crippen molar-refractivity contribution < 1.29 is 4.74 Å². The molecule has 0 aliphatic heterocycles. The highest BCUT2D eigenvalue weighted by molar-refractivity contribution is 7.71. The van der Waals surface area contributed by atoms with Gasteiger partial charge in [0.25, 0.3) is 0 Å². The fourth-order valence-electron chi connectivity index (χ4n) is 1.79. The van der Waals surface area contributed by atoms with E-state index in [-0.39, 0.29) is 5.41 Å². The number of aromatic nitrogens is 4. The summed E-state index contributed by atoms with van der Waals surface area (Å²) in [4.78, 5) is 11.5. The van der Waals surface area contributed by atoms with Gasteiger partial charge in [-0.3, -0.25) is 0 Å². The number of H-pyrrole nitrogens is 1. The van der Waals surface area contributed by atoms with Gasteiger partial charge in [0.2, 0.25) is 5.88 Å². The van der Waals surface area contributed by atoms with Crippen LogP contribution >= 0.6 is 12.2 Å². The first-order valence-electron chi connectivity index (χ1n) is 5.96. The van der Waals surface area contributed by atoms with Crippen LogP contribution < -0.4 is 4.74 Å². The maximum Gasteiger partial charge on any atom is 0.242 e. The summed E-state index contributed by atoms with van der Waals surface area (Å²) in [6.07, 6.45) is 2.57. The molecule has 0 aliphatic rings. The molecule has 2 aromatic rings. The number of imidazole rings is 1. The second-order valence-electron chi connectivity index (χ2n) is 5.12. The van der Waals surface area contributed by atoms with Gasteiger partial charge in [-0.2, -0.15) is 4.98 Å². The van der Waals surface area contributed by atoms with Crippen molar-refractivity contribution in [3.05, 3.63) is 11.1 Å². The maximum absolute atomic E-state index is 5.36. The smallest absolute Gasteiger partial charge is 0.242 e. The van der Waals surface area contributed by atoms with Gasteiger partial charge in [-0.1, -0.05) is 20.8 Å². The third-order valence-electron chi connectivity index (χ3n) is 3.26. The van der Waals surface area contributed by atoms with E-state index in [2.05, 4.69) is 35.7 Å². The van der Waals surface area contributed by atoms with Crippen LogP contribution in [-0.4, -0.2) is 26.6 Å². The Morgan fingerprint density at radius 1 is 1.44 bits per heavy atom. The van der Waals surface area contributed by atoms with Gasteiger partial charge >= 0.3 is 0 Å². The normalized spacial score (nSPS) is 12.0. The van der Waals surface area contributed by atoms with Crippen LogP contribution in [0, 0.1) is 10.2 Å². The lowest BCUT2D eigenvalue weighted by molar-refractivity contribution is 0.296. The number of aromatic amines is 1. The number of hydrogen-bond donors (Lipinski definition) is 1. The predicted octanol–water partition coefficient (Wildman–Crippen LogP) is 2.93. The van der Waals surface area contributed by atoms with Crippen LogP contribution in [0.15, 0.2) is 6.33 Å². The van der Waals surface area contributed by atoms with Crippen molar-refractivity contribution in [1.82, 2.24) is 19.5 Å². The van der Waals surface area contributed by atoms with Gasteiger partial charge in [0.15, 0.2) is 10.4 Å². The lowest BCUT2D eigenvalue weighted by atomic mass is 9.90. The molecule has 0 atom stereocenters. The van der Waals surface area contributed by atoms with E-state index < -0.39 is 0 Å². The summed E-state index contributed by atoms with van der Waals surface area (Å²) in [5.74, 6) is 0.527. The molecule has 0 fully saturated rings. The molecule has 2 heterocycles. The molecule has 18 heavy (non-hydrogen) atoms. The summed E-state index contributed by atoms with van der Waals surface area (Å²) in [6, 6.07) is 0. The van der Waals surface area contributed by atoms with Gasteiger partial charge in [-0.25, -0.2) is 4.98 Å². The zero-order chi connectivity index (χ0) is 13.3. The van der Waals surface area contributed by atoms with Gasteiger partial charge in [0, 0.05) is 6.54 Å². The molecule has 0 saturated heterocycles. The van der Waals surface area contributed by atoms with Gasteiger partial charge in [-0.15, -0.1) is 0 Å². The van der Waals surface area contributed by atoms with Crippen molar-refractivity contribution in [1.29, 1.82) is 0 Å². The van der Waals surface area contributed by atoms with Crippen LogP contribution in [0.1, 0.15) is 27.2 Å². The summed E-state index contributed by atoms with van der Waals surface area (Å²) in [5, 5.41) is 0. The first-order chi connectivity index (χ1) is 8.48. The molecule has 1 N–H and O–H groups in total. The van der Waals surface area contributed by atoms with E-state index >= 15 is 0 Å². The lowest BCUT2D eigenvalue weighted by Crippen LogP contribution is -2.18. The maximum atomic E-state index is 5.36. The highest BCUT2D eigenvalue weighted by Crippen LogP contribution is 2.26. The van der Waals surface area contributed by atoms with Crippen molar-refractivity contribution >= 4 is 23.4 Å². The number of methoxy groups -OCH3 is 1. The van der Waals surface area contributed by atoms with Gasteiger partial charge in [0.1, 0.15) is 11.8 Å². The Hall–Kier alpha value is -1.43. The summed E-state index contributed by atoms with van der Waals surface area (Å²) < 4.78 is 7.88. The Morgan fingerprint density at radius 2 is 2.17 bits per heavy atom. The van der Waals surface area contributed by atoms with Gasteiger partial charge in [-0.05, 0) is 24.1 Å². The van der Waals surface area contributed by atoms with E-state index in [1.54, 1.807) is 7.11 Å². The van der Waals surface area contributed by atoms with Crippen molar-refractivity contribution in [3.8, 4) is 5.88 Å². The number of hydrogen-bond acceptors (Lipinski definition) is 4. The Morgan fingerprint density at radius 3 is 2.78 bits per heavy atom. The quantitative estimate of drug-likeness (QED) is 0.864. The van der Waals surface area contributed by atoms with E-state index in [9.17, 15) is 0 Å². The largest absolute Gasteiger partial charge is 0.479 e. The zero-order valence-corrected chi connectivity index (χ0v) is 12.0. The second-order valence-corrected chi connectivity index (χ2v) is 5.50. The molecule has 0 spiro atoms. The van der Waals surface area contributed by atoms with E-state index in [4.69, 9.17) is 17.0 Å². The fourth-order valence-corrected chi connectivity index (χ4v) is 2.04. The minimum Gasteiger partial charge on any atom is -0.479 e. The molecule has 0 bridgehead atoms. The van der Waals surface area contributed by atoms with Gasteiger partial charge < -0.3 is 14.3 Å². The van der Waals surface area contributed by atoms with Crippen LogP contribution in [0.4, 0.5) is 0 Å². The average molecular weight is 266 g/mol. The molecule has 0 aliphatic carbocycles. The highest BCUT2D eigenvalue weighted by Gasteiger charge is 2.19. The van der Waals surface area contributed by atoms with E-state index in [1.807, 2.05) is 4.57 Å². The van der Waals surface area contributed by atoms with Crippen LogP contribution in [0.25, 0.3) is 11.2 Å². The molecule has 5 nitrogen and oxygen atoms in total. The molecule has 98 valence electrons. The van der Waals surface area contributed by atoms with E-state index in [0.717, 1.165) is 24.1 Å². The lowest BCUT2D eigenvalue weighted by Gasteiger charge is -2.23. The zero-order valence-electron chi connectivity index (χ0n) is 11.1. The number of nitrogens with one attached hydrogen (secondary N) is 1. The molecule has 0 aromatic carbocycles. The van der Waals surface area contributed by atoms with Crippen molar-refractivity contribution in [2.75, 3.05) is 7.11 Å². The molecule has 2 aromatic heterocycles. The summed E-state index contributed by atoms with van der Waals surface area (Å²) in [6.45, 7) is 7.43. The van der Waals surface area contributed by atoms with Crippen molar-refractivity contribution in [2.45, 2.75) is 33.7 Å². The van der Waals surface area contributed by atoms with Crippen LogP contribution in [0.5, 0.6) is 5.88 Å². The monoisotopic (exact) mass is 266 g/mol. The van der Waals surface area contributed by atoms with Gasteiger partial charge in [0.05, 0.1) is 7.11 Å². The fraction of sp³-hybridized carbons (Fsp3) is 0.583. The minimum atomic E-state index is 0.172. The molecular formula is C12H18N4OS. The standard InChI is InChI=1S/C12H18N4OS/c1-5-12(2,3)6-16-9-8(15-11(16)18)10(17-4)14-7-13-9/h7H,5-6H2,1-4H3,(H,15,18). The summed E-state index contributed by atoms with van der Waals surface area (Å²) in [5.41, 5.74) is 1.73. The summed E-state index contributed by atoms with van der Waals surface area (Å²) in [7, 11) is 1.59. The summed E-state index contributed by atoms with van der Waals surface area (Å²) >= 11 is 5.36. The van der Waals surface area contributed by atoms with E-state index in [1.165, 1.54) is 6.33 Å². The number of fused-ring (bicyclic) bond motifs is 1. The second kappa shape index (κ2) is 4.68. The molecular weight excluding hydrogens is 248 g/mol. The third kappa shape index (κ3) is 2.25. The van der Waals surface area contributed by atoms with Crippen molar-refractivity contribution in [2.24, 2.45) is 5.41 Å². The molecule has 6 heteroatoms. The topological polar surface area (TPSA) is 55.7 Å². The molecule has 0 amide bonds. The molecule has 2 rings (SSSR count). The molecule has 0 saturated carbocycles. The number of ether oxygens (including phenoxy) is 1. The highest BCUT2D eigenvalue weighted by atomic mass is 32.1. The number of nitrogens with zero attached hydrogens (tertiary/aromatic N) is 3. The van der Waals surface area contributed by atoms with E-state index in [0.29, 0.717) is 10.7 Å². The Kier molecular flexibility index (Phi) is 3.38. The Balaban J connectivity index is 2.58. The predicted molar refractivity (Wildman–Crippen MR) is 73.3 cm³/mol. The molecule has 0 radical (unpaired) electrons. The van der Waals surface area contributed by atoms with Crippen LogP contribution in [-0.2, 0) is 6.54 Å². The third-order valence-corrected chi connectivity index (χ3v) is 3.58. The first-order valence-corrected chi connectivity index (χ1v) is 6.37. The minimum absolute atomic E-state index is 0.172. The average Bonchev–Trinajstić information content (AvgIpc) is 2.66.